The average molecular weight is 583 g/mol. The van der Waals surface area contributed by atoms with Gasteiger partial charge in [0.2, 0.25) is 0 Å². The van der Waals surface area contributed by atoms with Crippen LogP contribution in [0.3, 0.4) is 0 Å². The number of hydrogen-bond donors (Lipinski definition) is 3. The van der Waals surface area contributed by atoms with E-state index < -0.39 is 0 Å². The normalized spacial score (nSPS) is 49.0. The van der Waals surface area contributed by atoms with Gasteiger partial charge in [0.1, 0.15) is 0 Å². The van der Waals surface area contributed by atoms with Gasteiger partial charge in [0.15, 0.2) is 0 Å². The number of aliphatic hydroxyl groups is 2. The molecule has 10 atom stereocenters. The van der Waals surface area contributed by atoms with Crippen LogP contribution in [0.2, 0.25) is 0 Å². The minimum atomic E-state index is -0.140. The van der Waals surface area contributed by atoms with Crippen molar-refractivity contribution in [2.24, 2.45) is 56.7 Å². The van der Waals surface area contributed by atoms with E-state index in [4.69, 9.17) is 0 Å². The van der Waals surface area contributed by atoms with Gasteiger partial charge in [0, 0.05) is 26.2 Å². The molecule has 6 fully saturated rings. The fourth-order valence-electron chi connectivity index (χ4n) is 13.5. The fraction of sp³-hybridized carbons (Fsp3) is 0.947. The van der Waals surface area contributed by atoms with Gasteiger partial charge >= 0.3 is 0 Å². The van der Waals surface area contributed by atoms with Crippen molar-refractivity contribution in [2.45, 2.75) is 137 Å². The van der Waals surface area contributed by atoms with Crippen LogP contribution in [0.4, 0.5) is 0 Å². The minimum absolute atomic E-state index is 0.0343. The zero-order valence-electron chi connectivity index (χ0n) is 28.3. The van der Waals surface area contributed by atoms with E-state index in [2.05, 4.69) is 58.3 Å². The number of aliphatic hydroxyl groups excluding tert-OH is 2. The second-order valence-corrected chi connectivity index (χ2v) is 18.0. The Morgan fingerprint density at radius 3 is 2.24 bits per heavy atom. The second-order valence-electron chi connectivity index (χ2n) is 18.0. The van der Waals surface area contributed by atoms with Crippen molar-refractivity contribution >= 4 is 0 Å². The number of rotatable bonds is 7. The summed E-state index contributed by atoms with van der Waals surface area (Å²) in [6.45, 7) is 25.3. The Kier molecular flexibility index (Phi) is 8.36. The van der Waals surface area contributed by atoms with Crippen LogP contribution in [0, 0.1) is 56.7 Å². The first-order valence-electron chi connectivity index (χ1n) is 18.2. The van der Waals surface area contributed by atoms with Crippen molar-refractivity contribution in [3.63, 3.8) is 0 Å². The molecular formula is C38H66N2O2. The monoisotopic (exact) mass is 583 g/mol. The summed E-state index contributed by atoms with van der Waals surface area (Å²) in [5.74, 6) is 3.74. The number of nitrogens with one attached hydrogen (secondary N) is 1. The van der Waals surface area contributed by atoms with Gasteiger partial charge in [-0.25, -0.2) is 0 Å². The summed E-state index contributed by atoms with van der Waals surface area (Å²) >= 11 is 0. The summed E-state index contributed by atoms with van der Waals surface area (Å²) in [5, 5.41) is 24.8. The minimum Gasteiger partial charge on any atom is -0.393 e. The molecule has 0 spiro atoms. The molecule has 5 saturated carbocycles. The highest BCUT2D eigenvalue weighted by atomic mass is 16.3. The topological polar surface area (TPSA) is 55.7 Å². The zero-order chi connectivity index (χ0) is 30.1. The van der Waals surface area contributed by atoms with Crippen molar-refractivity contribution in [2.75, 3.05) is 32.7 Å². The third kappa shape index (κ3) is 4.73. The van der Waals surface area contributed by atoms with Gasteiger partial charge < -0.3 is 20.4 Å². The predicted octanol–water partition coefficient (Wildman–Crippen LogP) is 7.44. The van der Waals surface area contributed by atoms with E-state index >= 15 is 0 Å². The molecular weight excluding hydrogens is 516 g/mol. The van der Waals surface area contributed by atoms with Crippen molar-refractivity contribution in [3.8, 4) is 0 Å². The quantitative estimate of drug-likeness (QED) is 0.216. The number of allylic oxidation sites excluding steroid dienone is 1. The SMILES string of the molecule is C=C(C)[C@@H]1CC[C@]2(CCNCCN3CCC(O)CC3)CC[C@]3(C)[C@H](CC[C@@H]4[C@@]5(C)CC[C@H](O)C(C)(C)[C@@H]5CC[C@]43C)[C@@H]12. The number of fused-ring (bicyclic) bond motifs is 7. The van der Waals surface area contributed by atoms with Crippen LogP contribution >= 0.6 is 0 Å². The highest BCUT2D eigenvalue weighted by molar-refractivity contribution is 5.21. The molecule has 240 valence electrons. The molecule has 0 amide bonds. The lowest BCUT2D eigenvalue weighted by molar-refractivity contribution is -0.247. The van der Waals surface area contributed by atoms with Crippen LogP contribution in [0.5, 0.6) is 0 Å². The van der Waals surface area contributed by atoms with Crippen molar-refractivity contribution in [3.05, 3.63) is 12.2 Å². The van der Waals surface area contributed by atoms with Crippen molar-refractivity contribution in [1.29, 1.82) is 0 Å². The lowest BCUT2D eigenvalue weighted by Crippen LogP contribution is -2.66. The zero-order valence-corrected chi connectivity index (χ0v) is 28.3. The van der Waals surface area contributed by atoms with Gasteiger partial charge in [-0.1, -0.05) is 46.8 Å². The van der Waals surface area contributed by atoms with Gasteiger partial charge in [-0.2, -0.15) is 0 Å². The van der Waals surface area contributed by atoms with Crippen LogP contribution < -0.4 is 5.32 Å². The van der Waals surface area contributed by atoms with Gasteiger partial charge in [-0.3, -0.25) is 0 Å². The average Bonchev–Trinajstić information content (AvgIpc) is 3.32. The lowest BCUT2D eigenvalue weighted by Gasteiger charge is -2.73. The Morgan fingerprint density at radius 2 is 1.52 bits per heavy atom. The fourth-order valence-corrected chi connectivity index (χ4v) is 13.5. The molecule has 0 unspecified atom stereocenters. The number of nitrogens with zero attached hydrogens (tertiary/aromatic N) is 1. The molecule has 5 aliphatic carbocycles. The van der Waals surface area contributed by atoms with E-state index in [1.807, 2.05) is 0 Å². The van der Waals surface area contributed by atoms with Crippen LogP contribution in [-0.2, 0) is 0 Å². The first-order valence-corrected chi connectivity index (χ1v) is 18.2. The molecule has 6 aliphatic rings. The molecule has 3 N–H and O–H groups in total. The largest absolute Gasteiger partial charge is 0.393 e. The van der Waals surface area contributed by atoms with Crippen LogP contribution in [-0.4, -0.2) is 60.0 Å². The highest BCUT2D eigenvalue weighted by Crippen LogP contribution is 2.77. The summed E-state index contributed by atoms with van der Waals surface area (Å²) in [4.78, 5) is 2.53. The van der Waals surface area contributed by atoms with Crippen LogP contribution in [0.25, 0.3) is 0 Å². The summed E-state index contributed by atoms with van der Waals surface area (Å²) in [5.41, 5.74) is 3.14. The van der Waals surface area contributed by atoms with Crippen molar-refractivity contribution < 1.29 is 10.2 Å². The Bertz CT molecular complexity index is 1000. The summed E-state index contributed by atoms with van der Waals surface area (Å²) in [6.07, 6.45) is 16.2. The Hall–Kier alpha value is -0.420. The maximum Gasteiger partial charge on any atom is 0.0594 e. The first-order chi connectivity index (χ1) is 19.8. The third-order valence-corrected chi connectivity index (χ3v) is 16.2. The molecule has 6 rings (SSSR count). The maximum absolute atomic E-state index is 11.1. The molecule has 0 aromatic heterocycles. The Labute approximate surface area is 258 Å². The molecule has 1 heterocycles. The van der Waals surface area contributed by atoms with Crippen molar-refractivity contribution in [1.82, 2.24) is 10.2 Å². The molecule has 1 aliphatic heterocycles. The molecule has 0 aromatic rings. The number of hydrogen-bond acceptors (Lipinski definition) is 4. The molecule has 0 aromatic carbocycles. The van der Waals surface area contributed by atoms with Crippen LogP contribution in [0.15, 0.2) is 12.2 Å². The first kappa shape index (κ1) is 31.6. The maximum atomic E-state index is 11.1. The molecule has 0 radical (unpaired) electrons. The van der Waals surface area contributed by atoms with Crippen LogP contribution in [0.1, 0.15) is 125 Å². The molecule has 1 saturated heterocycles. The molecule has 4 nitrogen and oxygen atoms in total. The van der Waals surface area contributed by atoms with Gasteiger partial charge in [-0.15, -0.1) is 0 Å². The highest BCUT2D eigenvalue weighted by Gasteiger charge is 2.70. The predicted molar refractivity (Wildman–Crippen MR) is 174 cm³/mol. The van der Waals surface area contributed by atoms with E-state index in [1.165, 1.54) is 69.8 Å². The smallest absolute Gasteiger partial charge is 0.0594 e. The van der Waals surface area contributed by atoms with E-state index in [1.54, 1.807) is 0 Å². The molecule has 4 heteroatoms. The standard InChI is InChI=1S/C38H66N2O2/c1-26(2)28-10-17-38(20-21-39-22-25-40-23-13-27(41)14-24-40)19-18-36(6)29(33(28)38)8-9-31-35(5)15-12-32(42)34(3,4)30(35)11-16-37(31,36)7/h27-33,39,41-42H,1,8-25H2,2-7H3/t28-,29+,30-,31+,32-,33+,35-,36+,37+,38+/m0/s1. The third-order valence-electron chi connectivity index (χ3n) is 16.2. The Morgan fingerprint density at radius 1 is 0.786 bits per heavy atom. The summed E-state index contributed by atoms with van der Waals surface area (Å²) < 4.78 is 0. The number of likely N-dealkylation sites (tertiary alicyclic amines) is 1. The second kappa shape index (κ2) is 11.1. The summed E-state index contributed by atoms with van der Waals surface area (Å²) in [6, 6.07) is 0. The van der Waals surface area contributed by atoms with Gasteiger partial charge in [-0.05, 0) is 154 Å². The van der Waals surface area contributed by atoms with E-state index in [-0.39, 0.29) is 17.6 Å². The van der Waals surface area contributed by atoms with E-state index in [9.17, 15) is 10.2 Å². The van der Waals surface area contributed by atoms with Gasteiger partial charge in [0.25, 0.3) is 0 Å². The van der Waals surface area contributed by atoms with E-state index in [0.29, 0.717) is 33.5 Å². The number of piperidine rings is 1. The summed E-state index contributed by atoms with van der Waals surface area (Å²) in [7, 11) is 0. The van der Waals surface area contributed by atoms with E-state index in [0.717, 1.165) is 69.7 Å². The van der Waals surface area contributed by atoms with Gasteiger partial charge in [0.05, 0.1) is 12.2 Å². The lowest BCUT2D eigenvalue weighted by atomic mass is 9.32. The molecule has 0 bridgehead atoms. The molecule has 42 heavy (non-hydrogen) atoms. The Balaban J connectivity index is 1.19.